The molecule has 1 heterocycles. The van der Waals surface area contributed by atoms with E-state index in [1.54, 1.807) is 11.0 Å². The normalized spacial score (nSPS) is 15.4. The Balaban J connectivity index is 1.90. The van der Waals surface area contributed by atoms with E-state index in [1.165, 1.54) is 0 Å². The summed E-state index contributed by atoms with van der Waals surface area (Å²) in [6.07, 6.45) is 0. The third-order valence-electron chi connectivity index (χ3n) is 2.96. The SMILES string of the molecule is Nc1cccc(CNC(=O)N2CCOCC2)c1N. The largest absolute Gasteiger partial charge is 0.397 e. The summed E-state index contributed by atoms with van der Waals surface area (Å²) in [5.41, 5.74) is 13.4. The van der Waals surface area contributed by atoms with E-state index in [-0.39, 0.29) is 6.03 Å². The van der Waals surface area contributed by atoms with E-state index in [0.717, 1.165) is 5.56 Å². The standard InChI is InChI=1S/C12H18N4O2/c13-10-3-1-2-9(11(10)14)8-15-12(17)16-4-6-18-7-5-16/h1-3H,4-8,13-14H2,(H,15,17). The van der Waals surface area contributed by atoms with E-state index in [2.05, 4.69) is 5.32 Å². The molecule has 6 heteroatoms. The fourth-order valence-corrected chi connectivity index (χ4v) is 1.84. The molecule has 0 aromatic heterocycles. The number of benzene rings is 1. The van der Waals surface area contributed by atoms with Crippen molar-refractivity contribution >= 4 is 17.4 Å². The van der Waals surface area contributed by atoms with Gasteiger partial charge in [0.15, 0.2) is 0 Å². The number of anilines is 2. The van der Waals surface area contributed by atoms with Crippen molar-refractivity contribution in [1.82, 2.24) is 10.2 Å². The van der Waals surface area contributed by atoms with Crippen molar-refractivity contribution in [3.8, 4) is 0 Å². The molecule has 18 heavy (non-hydrogen) atoms. The monoisotopic (exact) mass is 250 g/mol. The zero-order valence-electron chi connectivity index (χ0n) is 10.2. The van der Waals surface area contributed by atoms with Crippen LogP contribution in [0.5, 0.6) is 0 Å². The van der Waals surface area contributed by atoms with Crippen LogP contribution in [-0.2, 0) is 11.3 Å². The molecule has 1 aromatic rings. The number of para-hydroxylation sites is 1. The maximum absolute atomic E-state index is 11.9. The van der Waals surface area contributed by atoms with E-state index >= 15 is 0 Å². The number of carbonyl (C=O) groups excluding carboxylic acids is 1. The minimum Gasteiger partial charge on any atom is -0.397 e. The third kappa shape index (κ3) is 2.84. The first-order chi connectivity index (χ1) is 8.68. The maximum atomic E-state index is 11.9. The topological polar surface area (TPSA) is 93.6 Å². The summed E-state index contributed by atoms with van der Waals surface area (Å²) in [4.78, 5) is 13.6. The van der Waals surface area contributed by atoms with Crippen LogP contribution in [0, 0.1) is 0 Å². The number of nitrogens with one attached hydrogen (secondary N) is 1. The molecule has 0 spiro atoms. The molecule has 1 aliphatic heterocycles. The Bertz CT molecular complexity index is 430. The predicted octanol–water partition coefficient (Wildman–Crippen LogP) is 0.393. The Kier molecular flexibility index (Phi) is 3.88. The highest BCUT2D eigenvalue weighted by Crippen LogP contribution is 2.19. The molecule has 6 nitrogen and oxygen atoms in total. The second kappa shape index (κ2) is 5.59. The first-order valence-electron chi connectivity index (χ1n) is 5.92. The Morgan fingerprint density at radius 2 is 2.06 bits per heavy atom. The number of hydrogen-bond donors (Lipinski definition) is 3. The number of carbonyl (C=O) groups is 1. The van der Waals surface area contributed by atoms with Gasteiger partial charge < -0.3 is 26.4 Å². The predicted molar refractivity (Wildman–Crippen MR) is 69.9 cm³/mol. The molecule has 0 unspecified atom stereocenters. The number of nitrogens with zero attached hydrogens (tertiary/aromatic N) is 1. The van der Waals surface area contributed by atoms with Crippen LogP contribution >= 0.6 is 0 Å². The Hall–Kier alpha value is -1.95. The average Bonchev–Trinajstić information content (AvgIpc) is 2.41. The van der Waals surface area contributed by atoms with Crippen molar-refractivity contribution in [1.29, 1.82) is 0 Å². The lowest BCUT2D eigenvalue weighted by Crippen LogP contribution is -2.45. The van der Waals surface area contributed by atoms with E-state index < -0.39 is 0 Å². The molecule has 1 fully saturated rings. The Labute approximate surface area is 106 Å². The van der Waals surface area contributed by atoms with Crippen LogP contribution in [-0.4, -0.2) is 37.2 Å². The highest BCUT2D eigenvalue weighted by atomic mass is 16.5. The summed E-state index contributed by atoms with van der Waals surface area (Å²) < 4.78 is 5.19. The van der Waals surface area contributed by atoms with Gasteiger partial charge in [-0.25, -0.2) is 4.79 Å². The van der Waals surface area contributed by atoms with Crippen molar-refractivity contribution in [2.45, 2.75) is 6.54 Å². The molecule has 2 amide bonds. The molecule has 1 aliphatic rings. The number of ether oxygens (including phenoxy) is 1. The summed E-state index contributed by atoms with van der Waals surface area (Å²) in [5, 5.41) is 2.83. The van der Waals surface area contributed by atoms with Gasteiger partial charge >= 0.3 is 6.03 Å². The Morgan fingerprint density at radius 1 is 1.33 bits per heavy atom. The molecular weight excluding hydrogens is 232 g/mol. The van der Waals surface area contributed by atoms with Gasteiger partial charge in [0.05, 0.1) is 24.6 Å². The van der Waals surface area contributed by atoms with Gasteiger partial charge in [-0.3, -0.25) is 0 Å². The number of nitrogens with two attached hydrogens (primary N) is 2. The second-order valence-corrected chi connectivity index (χ2v) is 4.18. The van der Waals surface area contributed by atoms with Gasteiger partial charge in [-0.2, -0.15) is 0 Å². The molecule has 5 N–H and O–H groups in total. The van der Waals surface area contributed by atoms with E-state index in [1.807, 2.05) is 12.1 Å². The van der Waals surface area contributed by atoms with Crippen LogP contribution in [0.25, 0.3) is 0 Å². The van der Waals surface area contributed by atoms with Crippen LogP contribution in [0.15, 0.2) is 18.2 Å². The summed E-state index contributed by atoms with van der Waals surface area (Å²) in [6, 6.07) is 5.32. The fraction of sp³-hybridized carbons (Fsp3) is 0.417. The van der Waals surface area contributed by atoms with Crippen molar-refractivity contribution in [2.75, 3.05) is 37.8 Å². The molecule has 98 valence electrons. The second-order valence-electron chi connectivity index (χ2n) is 4.18. The first kappa shape index (κ1) is 12.5. The maximum Gasteiger partial charge on any atom is 0.317 e. The molecule has 0 radical (unpaired) electrons. The smallest absolute Gasteiger partial charge is 0.317 e. The molecule has 1 aromatic carbocycles. The van der Waals surface area contributed by atoms with Gasteiger partial charge in [-0.15, -0.1) is 0 Å². The van der Waals surface area contributed by atoms with Crippen molar-refractivity contribution in [3.05, 3.63) is 23.8 Å². The van der Waals surface area contributed by atoms with Crippen LogP contribution in [0.4, 0.5) is 16.2 Å². The summed E-state index contributed by atoms with van der Waals surface area (Å²) in [6.45, 7) is 2.81. The van der Waals surface area contributed by atoms with Crippen molar-refractivity contribution in [2.24, 2.45) is 0 Å². The molecule has 2 rings (SSSR count). The zero-order valence-corrected chi connectivity index (χ0v) is 10.2. The molecule has 0 atom stereocenters. The van der Waals surface area contributed by atoms with E-state index in [4.69, 9.17) is 16.2 Å². The summed E-state index contributed by atoms with van der Waals surface area (Å²) >= 11 is 0. The number of rotatable bonds is 2. The van der Waals surface area contributed by atoms with Gasteiger partial charge in [0.1, 0.15) is 0 Å². The quantitative estimate of drug-likeness (QED) is 0.662. The van der Waals surface area contributed by atoms with Gasteiger partial charge in [0.25, 0.3) is 0 Å². The lowest BCUT2D eigenvalue weighted by molar-refractivity contribution is 0.0531. The van der Waals surface area contributed by atoms with Crippen LogP contribution in [0.2, 0.25) is 0 Å². The number of morpholine rings is 1. The van der Waals surface area contributed by atoms with E-state index in [9.17, 15) is 4.79 Å². The van der Waals surface area contributed by atoms with E-state index in [0.29, 0.717) is 44.2 Å². The highest BCUT2D eigenvalue weighted by molar-refractivity contribution is 5.75. The lowest BCUT2D eigenvalue weighted by Gasteiger charge is -2.27. The number of urea groups is 1. The van der Waals surface area contributed by atoms with Crippen molar-refractivity contribution < 1.29 is 9.53 Å². The minimum atomic E-state index is -0.0971. The molecular formula is C12H18N4O2. The summed E-state index contributed by atoms with van der Waals surface area (Å²) in [7, 11) is 0. The third-order valence-corrected chi connectivity index (χ3v) is 2.96. The van der Waals surface area contributed by atoms with Crippen molar-refractivity contribution in [3.63, 3.8) is 0 Å². The van der Waals surface area contributed by atoms with Gasteiger partial charge in [-0.05, 0) is 11.6 Å². The van der Waals surface area contributed by atoms with Crippen LogP contribution in [0.1, 0.15) is 5.56 Å². The Morgan fingerprint density at radius 3 is 2.78 bits per heavy atom. The zero-order chi connectivity index (χ0) is 13.0. The molecule has 1 saturated heterocycles. The fourth-order valence-electron chi connectivity index (χ4n) is 1.84. The van der Waals surface area contributed by atoms with Gasteiger partial charge in [-0.1, -0.05) is 12.1 Å². The van der Waals surface area contributed by atoms with Crippen LogP contribution < -0.4 is 16.8 Å². The van der Waals surface area contributed by atoms with Gasteiger partial charge in [0.2, 0.25) is 0 Å². The number of nitrogen functional groups attached to an aromatic ring is 2. The first-order valence-corrected chi connectivity index (χ1v) is 5.92. The summed E-state index contributed by atoms with van der Waals surface area (Å²) in [5.74, 6) is 0. The minimum absolute atomic E-state index is 0.0971. The van der Waals surface area contributed by atoms with Gasteiger partial charge in [0, 0.05) is 19.6 Å². The number of amides is 2. The molecule has 0 saturated carbocycles. The number of hydrogen-bond acceptors (Lipinski definition) is 4. The lowest BCUT2D eigenvalue weighted by atomic mass is 10.1. The highest BCUT2D eigenvalue weighted by Gasteiger charge is 2.16. The van der Waals surface area contributed by atoms with Crippen LogP contribution in [0.3, 0.4) is 0 Å². The average molecular weight is 250 g/mol. The molecule has 0 aliphatic carbocycles. The molecule has 0 bridgehead atoms.